The lowest BCUT2D eigenvalue weighted by atomic mass is 10.2. The topological polar surface area (TPSA) is 93.8 Å². The molecule has 2 aromatic carbocycles. The van der Waals surface area contributed by atoms with Gasteiger partial charge < -0.3 is 4.74 Å². The summed E-state index contributed by atoms with van der Waals surface area (Å²) >= 11 is 3.44. The first kappa shape index (κ1) is 19.6. The zero-order valence-corrected chi connectivity index (χ0v) is 15.9. The summed E-state index contributed by atoms with van der Waals surface area (Å²) in [4.78, 5) is 22.0. The van der Waals surface area contributed by atoms with E-state index >= 15 is 0 Å². The van der Waals surface area contributed by atoms with E-state index in [1.165, 1.54) is 30.5 Å². The number of ether oxygens (including phenoxy) is 1. The van der Waals surface area contributed by atoms with Gasteiger partial charge in [-0.2, -0.15) is 5.10 Å². The van der Waals surface area contributed by atoms with Crippen molar-refractivity contribution in [1.82, 2.24) is 5.43 Å². The number of nitrogens with one attached hydrogen (secondary N) is 1. The van der Waals surface area contributed by atoms with Crippen molar-refractivity contribution in [3.63, 3.8) is 0 Å². The van der Waals surface area contributed by atoms with Crippen molar-refractivity contribution in [3.05, 3.63) is 68.2 Å². The van der Waals surface area contributed by atoms with Crippen LogP contribution < -0.4 is 10.2 Å². The molecule has 0 saturated carbocycles. The van der Waals surface area contributed by atoms with Crippen molar-refractivity contribution in [2.75, 3.05) is 6.61 Å². The Morgan fingerprint density at radius 2 is 2.00 bits per heavy atom. The Morgan fingerprint density at radius 3 is 2.58 bits per heavy atom. The van der Waals surface area contributed by atoms with Crippen molar-refractivity contribution in [3.8, 4) is 5.75 Å². The van der Waals surface area contributed by atoms with Gasteiger partial charge >= 0.3 is 0 Å². The van der Waals surface area contributed by atoms with E-state index in [1.807, 2.05) is 18.2 Å². The predicted molar refractivity (Wildman–Crippen MR) is 103 cm³/mol. The largest absolute Gasteiger partial charge is 0.492 e. The van der Waals surface area contributed by atoms with Crippen molar-refractivity contribution < 1.29 is 14.5 Å². The highest BCUT2D eigenvalue weighted by Crippen LogP contribution is 2.26. The van der Waals surface area contributed by atoms with Gasteiger partial charge in [0.05, 0.1) is 22.2 Å². The van der Waals surface area contributed by atoms with Crippen LogP contribution in [0.3, 0.4) is 0 Å². The van der Waals surface area contributed by atoms with Crippen LogP contribution in [0.5, 0.6) is 5.75 Å². The van der Waals surface area contributed by atoms with Crippen molar-refractivity contribution in [2.24, 2.45) is 11.0 Å². The van der Waals surface area contributed by atoms with Crippen LogP contribution in [0, 0.1) is 16.0 Å². The molecule has 26 heavy (non-hydrogen) atoms. The van der Waals surface area contributed by atoms with Gasteiger partial charge in [-0.3, -0.25) is 14.9 Å². The SMILES string of the molecule is CC(C)COc1ccc(/C=N\NC(=O)c2ccc([N+](=O)[O-])cc2)cc1Br. The Morgan fingerprint density at radius 1 is 1.31 bits per heavy atom. The molecule has 0 atom stereocenters. The van der Waals surface area contributed by atoms with Gasteiger partial charge in [0.15, 0.2) is 0 Å². The van der Waals surface area contributed by atoms with E-state index in [0.29, 0.717) is 12.5 Å². The molecule has 136 valence electrons. The molecule has 0 spiro atoms. The number of benzene rings is 2. The molecule has 0 bridgehead atoms. The number of halogens is 1. The van der Waals surface area contributed by atoms with Crippen LogP contribution in [0.25, 0.3) is 0 Å². The van der Waals surface area contributed by atoms with Crippen LogP contribution in [0.2, 0.25) is 0 Å². The second kappa shape index (κ2) is 9.10. The lowest BCUT2D eigenvalue weighted by molar-refractivity contribution is -0.384. The van der Waals surface area contributed by atoms with Gasteiger partial charge in [-0.1, -0.05) is 13.8 Å². The lowest BCUT2D eigenvalue weighted by Gasteiger charge is -2.10. The first-order valence-electron chi connectivity index (χ1n) is 7.87. The molecule has 0 unspecified atom stereocenters. The highest BCUT2D eigenvalue weighted by atomic mass is 79.9. The van der Waals surface area contributed by atoms with E-state index in [0.717, 1.165) is 15.8 Å². The summed E-state index contributed by atoms with van der Waals surface area (Å²) in [6.45, 7) is 4.77. The van der Waals surface area contributed by atoms with Gasteiger partial charge in [-0.05, 0) is 57.7 Å². The van der Waals surface area contributed by atoms with Gasteiger partial charge in [-0.15, -0.1) is 0 Å². The number of hydrogen-bond donors (Lipinski definition) is 1. The molecule has 0 aliphatic carbocycles. The first-order valence-corrected chi connectivity index (χ1v) is 8.66. The molecular weight excluding hydrogens is 402 g/mol. The molecule has 7 nitrogen and oxygen atoms in total. The molecule has 0 radical (unpaired) electrons. The summed E-state index contributed by atoms with van der Waals surface area (Å²) in [5.41, 5.74) is 3.37. The van der Waals surface area contributed by atoms with E-state index in [4.69, 9.17) is 4.74 Å². The zero-order valence-electron chi connectivity index (χ0n) is 14.3. The van der Waals surface area contributed by atoms with E-state index in [1.54, 1.807) is 0 Å². The minimum atomic E-state index is -0.522. The fraction of sp³-hybridized carbons (Fsp3) is 0.222. The monoisotopic (exact) mass is 419 g/mol. The number of amides is 1. The second-order valence-electron chi connectivity index (χ2n) is 5.90. The predicted octanol–water partition coefficient (Wildman–Crippen LogP) is 4.16. The number of nitro groups is 1. The highest BCUT2D eigenvalue weighted by molar-refractivity contribution is 9.10. The van der Waals surface area contributed by atoms with Gasteiger partial charge in [0.1, 0.15) is 5.75 Å². The smallest absolute Gasteiger partial charge is 0.271 e. The van der Waals surface area contributed by atoms with Crippen LogP contribution in [0.15, 0.2) is 52.0 Å². The molecule has 0 heterocycles. The average Bonchev–Trinajstić information content (AvgIpc) is 2.60. The molecule has 0 aliphatic heterocycles. The van der Waals surface area contributed by atoms with Gasteiger partial charge in [0.25, 0.3) is 11.6 Å². The third kappa shape index (κ3) is 5.66. The van der Waals surface area contributed by atoms with E-state index in [-0.39, 0.29) is 11.3 Å². The summed E-state index contributed by atoms with van der Waals surface area (Å²) in [6.07, 6.45) is 1.50. The molecule has 0 saturated heterocycles. The molecule has 8 heteroatoms. The van der Waals surface area contributed by atoms with Gasteiger partial charge in [0, 0.05) is 17.7 Å². The molecule has 2 aromatic rings. The second-order valence-corrected chi connectivity index (χ2v) is 6.75. The standard InChI is InChI=1S/C18H18BrN3O4/c1-12(2)11-26-17-8-3-13(9-16(17)19)10-20-21-18(23)14-4-6-15(7-5-14)22(24)25/h3-10,12H,11H2,1-2H3,(H,21,23)/b20-10-. The summed E-state index contributed by atoms with van der Waals surface area (Å²) in [5, 5.41) is 14.5. The van der Waals surface area contributed by atoms with Crippen molar-refractivity contribution >= 4 is 33.7 Å². The summed E-state index contributed by atoms with van der Waals surface area (Å²) in [6, 6.07) is 10.8. The number of nitrogens with zero attached hydrogens (tertiary/aromatic N) is 2. The Hall–Kier alpha value is -2.74. The fourth-order valence-corrected chi connectivity index (χ4v) is 2.45. The maximum atomic E-state index is 12.0. The van der Waals surface area contributed by atoms with Crippen molar-refractivity contribution in [1.29, 1.82) is 0 Å². The van der Waals surface area contributed by atoms with Crippen LogP contribution in [-0.4, -0.2) is 23.7 Å². The first-order chi connectivity index (χ1) is 12.4. The summed E-state index contributed by atoms with van der Waals surface area (Å²) in [7, 11) is 0. The fourth-order valence-electron chi connectivity index (χ4n) is 1.94. The Kier molecular flexibility index (Phi) is 6.85. The zero-order chi connectivity index (χ0) is 19.1. The minimum Gasteiger partial charge on any atom is -0.492 e. The third-order valence-electron chi connectivity index (χ3n) is 3.25. The Bertz CT molecular complexity index is 820. The molecule has 1 N–H and O–H groups in total. The van der Waals surface area contributed by atoms with E-state index in [2.05, 4.69) is 40.3 Å². The minimum absolute atomic E-state index is 0.0744. The van der Waals surface area contributed by atoms with Crippen LogP contribution in [0.4, 0.5) is 5.69 Å². The Balaban J connectivity index is 1.96. The van der Waals surface area contributed by atoms with Crippen LogP contribution >= 0.6 is 15.9 Å². The van der Waals surface area contributed by atoms with E-state index in [9.17, 15) is 14.9 Å². The quantitative estimate of drug-likeness (QED) is 0.414. The van der Waals surface area contributed by atoms with E-state index < -0.39 is 10.8 Å². The average molecular weight is 420 g/mol. The maximum absolute atomic E-state index is 12.0. The number of hydrogen-bond acceptors (Lipinski definition) is 5. The number of rotatable bonds is 7. The molecule has 2 rings (SSSR count). The maximum Gasteiger partial charge on any atom is 0.271 e. The number of carbonyl (C=O) groups excluding carboxylic acids is 1. The van der Waals surface area contributed by atoms with Crippen LogP contribution in [0.1, 0.15) is 29.8 Å². The summed E-state index contributed by atoms with van der Waals surface area (Å²) < 4.78 is 6.47. The number of carbonyl (C=O) groups is 1. The summed E-state index contributed by atoms with van der Waals surface area (Å²) in [5.74, 6) is 0.718. The van der Waals surface area contributed by atoms with Crippen LogP contribution in [-0.2, 0) is 0 Å². The van der Waals surface area contributed by atoms with Gasteiger partial charge in [0.2, 0.25) is 0 Å². The highest BCUT2D eigenvalue weighted by Gasteiger charge is 2.08. The molecule has 0 aromatic heterocycles. The molecule has 0 fully saturated rings. The number of nitro benzene ring substituents is 1. The van der Waals surface area contributed by atoms with Gasteiger partial charge in [-0.25, -0.2) is 5.43 Å². The normalized spacial score (nSPS) is 10.9. The third-order valence-corrected chi connectivity index (χ3v) is 3.87. The molecule has 1 amide bonds. The number of non-ortho nitro benzene ring substituents is 1. The van der Waals surface area contributed by atoms with Crippen molar-refractivity contribution in [2.45, 2.75) is 13.8 Å². The molecular formula is C18H18BrN3O4. The number of hydrazone groups is 1. The Labute approximate surface area is 159 Å². The lowest BCUT2D eigenvalue weighted by Crippen LogP contribution is -2.17. The molecule has 0 aliphatic rings.